The van der Waals surface area contributed by atoms with E-state index in [1.807, 2.05) is 20.8 Å². The van der Waals surface area contributed by atoms with Crippen molar-refractivity contribution >= 4 is 34.9 Å². The van der Waals surface area contributed by atoms with Gasteiger partial charge in [-0.05, 0) is 23.6 Å². The van der Waals surface area contributed by atoms with Crippen molar-refractivity contribution in [2.45, 2.75) is 20.8 Å². The molecule has 0 bridgehead atoms. The van der Waals surface area contributed by atoms with Crippen LogP contribution in [0.5, 0.6) is 0 Å². The monoisotopic (exact) mass is 274 g/mol. The van der Waals surface area contributed by atoms with Gasteiger partial charge in [0.15, 0.2) is 0 Å². The number of carbonyl (C=O) groups excluding carboxylic acids is 1. The number of benzene rings is 1. The average Bonchev–Trinajstić information content (AvgIpc) is 2.20. The molecule has 0 saturated heterocycles. The van der Waals surface area contributed by atoms with E-state index in [1.165, 1.54) is 0 Å². The van der Waals surface area contributed by atoms with Crippen LogP contribution >= 0.6 is 23.2 Å². The Bertz CT molecular complexity index is 413. The number of hydrogen-bond acceptors (Lipinski definition) is 1. The minimum absolute atomic E-state index is 0.0372. The second kappa shape index (κ2) is 5.61. The highest BCUT2D eigenvalue weighted by molar-refractivity contribution is 6.35. The molecule has 0 atom stereocenters. The fourth-order valence-electron chi connectivity index (χ4n) is 1.11. The van der Waals surface area contributed by atoms with Crippen LogP contribution in [0.3, 0.4) is 0 Å². The standard InChI is InChI=1S/C12H16Cl2N2O/c1-12(2,3)7-15-11(17)16-10-6-8(13)4-5-9(10)14/h4-6H,7H2,1-3H3,(H2,15,16,17). The summed E-state index contributed by atoms with van der Waals surface area (Å²) in [6.45, 7) is 6.70. The van der Waals surface area contributed by atoms with Gasteiger partial charge in [0, 0.05) is 11.6 Å². The Balaban J connectivity index is 2.59. The van der Waals surface area contributed by atoms with Crippen molar-refractivity contribution in [3.05, 3.63) is 28.2 Å². The van der Waals surface area contributed by atoms with Crippen molar-refractivity contribution in [1.29, 1.82) is 0 Å². The molecule has 5 heteroatoms. The topological polar surface area (TPSA) is 41.1 Å². The molecule has 3 nitrogen and oxygen atoms in total. The second-order valence-electron chi connectivity index (χ2n) is 4.99. The Labute approximate surface area is 111 Å². The molecule has 2 N–H and O–H groups in total. The number of hydrogen-bond donors (Lipinski definition) is 2. The molecule has 0 aliphatic heterocycles. The lowest BCUT2D eigenvalue weighted by atomic mass is 9.97. The van der Waals surface area contributed by atoms with Gasteiger partial charge < -0.3 is 10.6 Å². The molecule has 2 amide bonds. The Hall–Kier alpha value is -0.930. The van der Waals surface area contributed by atoms with Crippen LogP contribution in [-0.2, 0) is 0 Å². The Morgan fingerprint density at radius 2 is 1.94 bits per heavy atom. The summed E-state index contributed by atoms with van der Waals surface area (Å²) >= 11 is 11.7. The molecule has 0 fully saturated rings. The first-order chi connectivity index (χ1) is 7.78. The fourth-order valence-corrected chi connectivity index (χ4v) is 1.44. The van der Waals surface area contributed by atoms with E-state index in [4.69, 9.17) is 23.2 Å². The Kier molecular flexibility index (Phi) is 4.66. The summed E-state index contributed by atoms with van der Waals surface area (Å²) < 4.78 is 0. The van der Waals surface area contributed by atoms with Crippen molar-refractivity contribution in [1.82, 2.24) is 5.32 Å². The van der Waals surface area contributed by atoms with E-state index in [9.17, 15) is 4.79 Å². The third kappa shape index (κ3) is 5.29. The van der Waals surface area contributed by atoms with Gasteiger partial charge in [-0.15, -0.1) is 0 Å². The molecular formula is C12H16Cl2N2O. The van der Waals surface area contributed by atoms with E-state index in [1.54, 1.807) is 18.2 Å². The molecule has 0 unspecified atom stereocenters. The molecule has 0 aliphatic rings. The van der Waals surface area contributed by atoms with Crippen LogP contribution in [0.25, 0.3) is 0 Å². The molecular weight excluding hydrogens is 259 g/mol. The van der Waals surface area contributed by atoms with Crippen molar-refractivity contribution < 1.29 is 4.79 Å². The summed E-state index contributed by atoms with van der Waals surface area (Å²) in [5, 5.41) is 6.41. The maximum atomic E-state index is 11.6. The lowest BCUT2D eigenvalue weighted by Crippen LogP contribution is -2.35. The van der Waals surface area contributed by atoms with E-state index in [-0.39, 0.29) is 11.4 Å². The van der Waals surface area contributed by atoms with E-state index in [2.05, 4.69) is 10.6 Å². The average molecular weight is 275 g/mol. The van der Waals surface area contributed by atoms with Crippen LogP contribution in [0.1, 0.15) is 20.8 Å². The number of rotatable bonds is 2. The van der Waals surface area contributed by atoms with Crippen molar-refractivity contribution in [3.8, 4) is 0 Å². The van der Waals surface area contributed by atoms with Gasteiger partial charge in [0.2, 0.25) is 0 Å². The first kappa shape index (κ1) is 14.1. The maximum Gasteiger partial charge on any atom is 0.319 e. The smallest absolute Gasteiger partial charge is 0.319 e. The zero-order valence-electron chi connectivity index (χ0n) is 10.1. The first-order valence-electron chi connectivity index (χ1n) is 5.28. The molecule has 0 aliphatic carbocycles. The predicted octanol–water partition coefficient (Wildman–Crippen LogP) is 4.16. The van der Waals surface area contributed by atoms with Crippen molar-refractivity contribution in [2.75, 3.05) is 11.9 Å². The zero-order chi connectivity index (χ0) is 13.1. The lowest BCUT2D eigenvalue weighted by Gasteiger charge is -2.19. The van der Waals surface area contributed by atoms with E-state index >= 15 is 0 Å². The highest BCUT2D eigenvalue weighted by Gasteiger charge is 2.12. The Morgan fingerprint density at radius 3 is 2.53 bits per heavy atom. The van der Waals surface area contributed by atoms with Crippen LogP contribution in [0.2, 0.25) is 10.0 Å². The third-order valence-electron chi connectivity index (χ3n) is 1.96. The minimum Gasteiger partial charge on any atom is -0.337 e. The van der Waals surface area contributed by atoms with Crippen LogP contribution in [-0.4, -0.2) is 12.6 Å². The summed E-state index contributed by atoms with van der Waals surface area (Å²) in [5.41, 5.74) is 0.542. The first-order valence-corrected chi connectivity index (χ1v) is 6.03. The predicted molar refractivity (Wildman–Crippen MR) is 72.9 cm³/mol. The van der Waals surface area contributed by atoms with Gasteiger partial charge in [-0.2, -0.15) is 0 Å². The van der Waals surface area contributed by atoms with Gasteiger partial charge in [-0.25, -0.2) is 4.79 Å². The molecule has 0 saturated carbocycles. The normalized spacial score (nSPS) is 11.1. The summed E-state index contributed by atoms with van der Waals surface area (Å²) in [6, 6.07) is 4.63. The van der Waals surface area contributed by atoms with Crippen LogP contribution in [0, 0.1) is 5.41 Å². The van der Waals surface area contributed by atoms with Crippen molar-refractivity contribution in [2.24, 2.45) is 5.41 Å². The fraction of sp³-hybridized carbons (Fsp3) is 0.417. The van der Waals surface area contributed by atoms with Crippen molar-refractivity contribution in [3.63, 3.8) is 0 Å². The number of nitrogens with one attached hydrogen (secondary N) is 2. The quantitative estimate of drug-likeness (QED) is 0.836. The third-order valence-corrected chi connectivity index (χ3v) is 2.52. The number of urea groups is 1. The summed E-state index contributed by atoms with van der Waals surface area (Å²) in [6.07, 6.45) is 0. The van der Waals surface area contributed by atoms with Gasteiger partial charge in [0.05, 0.1) is 10.7 Å². The van der Waals surface area contributed by atoms with E-state index in [0.29, 0.717) is 22.3 Å². The van der Waals surface area contributed by atoms with Crippen LogP contribution < -0.4 is 10.6 Å². The van der Waals surface area contributed by atoms with Gasteiger partial charge in [-0.3, -0.25) is 0 Å². The zero-order valence-corrected chi connectivity index (χ0v) is 11.6. The molecule has 1 aromatic carbocycles. The summed E-state index contributed by atoms with van der Waals surface area (Å²) in [5.74, 6) is 0. The molecule has 1 aromatic rings. The van der Waals surface area contributed by atoms with Gasteiger partial charge in [0.1, 0.15) is 0 Å². The SMILES string of the molecule is CC(C)(C)CNC(=O)Nc1cc(Cl)ccc1Cl. The maximum absolute atomic E-state index is 11.6. The molecule has 17 heavy (non-hydrogen) atoms. The Morgan fingerprint density at radius 1 is 1.29 bits per heavy atom. The van der Waals surface area contributed by atoms with Gasteiger partial charge in [-0.1, -0.05) is 44.0 Å². The van der Waals surface area contributed by atoms with Gasteiger partial charge >= 0.3 is 6.03 Å². The number of anilines is 1. The van der Waals surface area contributed by atoms with Gasteiger partial charge in [0.25, 0.3) is 0 Å². The number of carbonyl (C=O) groups is 1. The summed E-state index contributed by atoms with van der Waals surface area (Å²) in [7, 11) is 0. The minimum atomic E-state index is -0.288. The van der Waals surface area contributed by atoms with Crippen LogP contribution in [0.15, 0.2) is 18.2 Å². The molecule has 0 heterocycles. The highest BCUT2D eigenvalue weighted by Crippen LogP contribution is 2.25. The molecule has 0 radical (unpaired) electrons. The molecule has 1 rings (SSSR count). The lowest BCUT2D eigenvalue weighted by molar-refractivity contribution is 0.247. The number of amides is 2. The number of halogens is 2. The van der Waals surface area contributed by atoms with E-state index < -0.39 is 0 Å². The highest BCUT2D eigenvalue weighted by atomic mass is 35.5. The molecule has 94 valence electrons. The largest absolute Gasteiger partial charge is 0.337 e. The summed E-state index contributed by atoms with van der Waals surface area (Å²) in [4.78, 5) is 11.6. The molecule has 0 aromatic heterocycles. The van der Waals surface area contributed by atoms with E-state index in [0.717, 1.165) is 0 Å². The van der Waals surface area contributed by atoms with Crippen LogP contribution in [0.4, 0.5) is 10.5 Å². The molecule has 0 spiro atoms. The second-order valence-corrected chi connectivity index (χ2v) is 5.84.